The topological polar surface area (TPSA) is 56.7 Å². The molecule has 1 saturated carbocycles. The van der Waals surface area contributed by atoms with E-state index in [9.17, 15) is 0 Å². The molecule has 0 amide bonds. The standard InChI is InChI=1S/C30H24Cl4N4O/c1-2-4-23-26(28-35-36-29(39-28)30(15-3-16-30)19-7-11-21(32)12-8-19)37-38(25-14-13-22(33)17-24(25)34)27(23)18-5-9-20(31)10-6-18/h5-14,17H,2-4,15-16H2,1H3. The third-order valence-electron chi connectivity index (χ3n) is 7.38. The van der Waals surface area contributed by atoms with Crippen molar-refractivity contribution >= 4 is 46.4 Å². The Morgan fingerprint density at radius 2 is 1.51 bits per heavy atom. The second kappa shape index (κ2) is 10.6. The van der Waals surface area contributed by atoms with Crippen LogP contribution in [0.5, 0.6) is 0 Å². The van der Waals surface area contributed by atoms with Gasteiger partial charge in [0, 0.05) is 26.2 Å². The lowest BCUT2D eigenvalue weighted by Gasteiger charge is -2.39. The van der Waals surface area contributed by atoms with E-state index in [2.05, 4.69) is 17.1 Å². The molecule has 1 aliphatic carbocycles. The maximum atomic E-state index is 6.68. The van der Waals surface area contributed by atoms with E-state index in [1.807, 2.05) is 59.3 Å². The fraction of sp³-hybridized carbons (Fsp3) is 0.233. The molecule has 39 heavy (non-hydrogen) atoms. The molecule has 1 fully saturated rings. The van der Waals surface area contributed by atoms with Gasteiger partial charge < -0.3 is 4.42 Å². The predicted octanol–water partition coefficient (Wildman–Crippen LogP) is 9.63. The van der Waals surface area contributed by atoms with E-state index in [-0.39, 0.29) is 5.41 Å². The Bertz CT molecular complexity index is 1640. The van der Waals surface area contributed by atoms with Crippen molar-refractivity contribution in [1.29, 1.82) is 0 Å². The van der Waals surface area contributed by atoms with Gasteiger partial charge in [0.1, 0.15) is 0 Å². The van der Waals surface area contributed by atoms with Gasteiger partial charge in [0.25, 0.3) is 5.89 Å². The highest BCUT2D eigenvalue weighted by molar-refractivity contribution is 6.35. The molecule has 2 aromatic heterocycles. The Labute approximate surface area is 246 Å². The van der Waals surface area contributed by atoms with E-state index in [4.69, 9.17) is 55.9 Å². The summed E-state index contributed by atoms with van der Waals surface area (Å²) in [5, 5.41) is 16.5. The van der Waals surface area contributed by atoms with Crippen LogP contribution in [0.2, 0.25) is 20.1 Å². The quantitative estimate of drug-likeness (QED) is 0.187. The van der Waals surface area contributed by atoms with Gasteiger partial charge in [-0.1, -0.05) is 90.4 Å². The summed E-state index contributed by atoms with van der Waals surface area (Å²) in [6, 6.07) is 21.0. The Morgan fingerprint density at radius 1 is 0.846 bits per heavy atom. The molecule has 0 atom stereocenters. The molecule has 5 aromatic rings. The average Bonchev–Trinajstić information content (AvgIpc) is 3.51. The molecule has 0 spiro atoms. The van der Waals surface area contributed by atoms with Crippen LogP contribution < -0.4 is 0 Å². The zero-order valence-corrected chi connectivity index (χ0v) is 24.1. The summed E-state index contributed by atoms with van der Waals surface area (Å²) in [6.07, 6.45) is 4.60. The molecule has 0 aliphatic heterocycles. The normalized spacial score (nSPS) is 14.4. The first-order valence-corrected chi connectivity index (χ1v) is 14.3. The van der Waals surface area contributed by atoms with Crippen molar-refractivity contribution in [3.63, 3.8) is 0 Å². The number of halogens is 4. The highest BCUT2D eigenvalue weighted by Gasteiger charge is 2.45. The van der Waals surface area contributed by atoms with Gasteiger partial charge in [0.05, 0.1) is 21.8 Å². The molecule has 5 nitrogen and oxygen atoms in total. The highest BCUT2D eigenvalue weighted by Crippen LogP contribution is 2.49. The van der Waals surface area contributed by atoms with Crippen molar-refractivity contribution in [2.45, 2.75) is 44.4 Å². The average molecular weight is 598 g/mol. The van der Waals surface area contributed by atoms with Crippen molar-refractivity contribution < 1.29 is 4.42 Å². The van der Waals surface area contributed by atoms with Crippen LogP contribution in [0.15, 0.2) is 71.1 Å². The van der Waals surface area contributed by atoms with Gasteiger partial charge in [0.2, 0.25) is 5.89 Å². The fourth-order valence-corrected chi connectivity index (χ4v) is 6.02. The summed E-state index contributed by atoms with van der Waals surface area (Å²) in [4.78, 5) is 0. The van der Waals surface area contributed by atoms with E-state index >= 15 is 0 Å². The van der Waals surface area contributed by atoms with Gasteiger partial charge >= 0.3 is 0 Å². The third kappa shape index (κ3) is 4.76. The maximum absolute atomic E-state index is 6.68. The molecule has 0 saturated heterocycles. The minimum Gasteiger partial charge on any atom is -0.418 e. The lowest BCUT2D eigenvalue weighted by atomic mass is 9.64. The van der Waals surface area contributed by atoms with Crippen molar-refractivity contribution in [1.82, 2.24) is 20.0 Å². The second-order valence-electron chi connectivity index (χ2n) is 9.80. The summed E-state index contributed by atoms with van der Waals surface area (Å²) >= 11 is 25.3. The van der Waals surface area contributed by atoms with E-state index in [1.54, 1.807) is 12.1 Å². The Balaban J connectivity index is 1.53. The largest absolute Gasteiger partial charge is 0.418 e. The van der Waals surface area contributed by atoms with Crippen LogP contribution in [0.25, 0.3) is 28.5 Å². The van der Waals surface area contributed by atoms with Gasteiger partial charge in [-0.05, 0) is 67.3 Å². The molecule has 0 unspecified atom stereocenters. The van der Waals surface area contributed by atoms with E-state index in [0.717, 1.165) is 54.5 Å². The van der Waals surface area contributed by atoms with Gasteiger partial charge in [0.15, 0.2) is 5.69 Å². The van der Waals surface area contributed by atoms with Gasteiger partial charge in [-0.15, -0.1) is 10.2 Å². The molecule has 0 N–H and O–H groups in total. The number of benzene rings is 3. The van der Waals surface area contributed by atoms with Crippen LogP contribution in [-0.4, -0.2) is 20.0 Å². The molecular formula is C30H24Cl4N4O. The van der Waals surface area contributed by atoms with Crippen LogP contribution >= 0.6 is 46.4 Å². The third-order valence-corrected chi connectivity index (χ3v) is 8.42. The lowest BCUT2D eigenvalue weighted by molar-refractivity contribution is 0.241. The molecule has 0 radical (unpaired) electrons. The summed E-state index contributed by atoms with van der Waals surface area (Å²) in [5.74, 6) is 0.980. The molecule has 1 aliphatic rings. The molecule has 0 bridgehead atoms. The highest BCUT2D eigenvalue weighted by atomic mass is 35.5. The first kappa shape index (κ1) is 26.4. The number of aromatic nitrogens is 4. The number of nitrogens with zero attached hydrogens (tertiary/aromatic N) is 4. The first-order valence-electron chi connectivity index (χ1n) is 12.8. The Hall–Kier alpha value is -2.83. The molecular weight excluding hydrogens is 574 g/mol. The molecule has 2 heterocycles. The van der Waals surface area contributed by atoms with Crippen molar-refractivity contribution in [3.05, 3.63) is 104 Å². The molecule has 3 aromatic carbocycles. The summed E-state index contributed by atoms with van der Waals surface area (Å²) in [6.45, 7) is 2.13. The van der Waals surface area contributed by atoms with Gasteiger partial charge in [-0.2, -0.15) is 5.10 Å². The van der Waals surface area contributed by atoms with Crippen LogP contribution in [0, 0.1) is 0 Å². The SMILES string of the molecule is CCCc1c(-c2nnc(C3(c4ccc(Cl)cc4)CCC3)o2)nn(-c2ccc(Cl)cc2Cl)c1-c1ccc(Cl)cc1. The monoisotopic (exact) mass is 596 g/mol. The molecule has 6 rings (SSSR count). The predicted molar refractivity (Wildman–Crippen MR) is 157 cm³/mol. The van der Waals surface area contributed by atoms with Crippen LogP contribution in [0.1, 0.15) is 49.6 Å². The smallest absolute Gasteiger partial charge is 0.268 e. The fourth-order valence-electron chi connectivity index (χ4n) is 5.28. The molecule has 9 heteroatoms. The first-order chi connectivity index (χ1) is 18.9. The summed E-state index contributed by atoms with van der Waals surface area (Å²) in [7, 11) is 0. The Morgan fingerprint density at radius 3 is 2.13 bits per heavy atom. The zero-order valence-electron chi connectivity index (χ0n) is 21.1. The molecule has 198 valence electrons. The number of rotatable bonds is 7. The van der Waals surface area contributed by atoms with Gasteiger partial charge in [-0.3, -0.25) is 0 Å². The van der Waals surface area contributed by atoms with Gasteiger partial charge in [-0.25, -0.2) is 4.68 Å². The Kier molecular flexibility index (Phi) is 7.19. The maximum Gasteiger partial charge on any atom is 0.268 e. The van der Waals surface area contributed by atoms with Crippen LogP contribution in [0.3, 0.4) is 0 Å². The van der Waals surface area contributed by atoms with Crippen LogP contribution in [0.4, 0.5) is 0 Å². The zero-order chi connectivity index (χ0) is 27.1. The van der Waals surface area contributed by atoms with Crippen LogP contribution in [-0.2, 0) is 11.8 Å². The number of hydrogen-bond donors (Lipinski definition) is 0. The minimum absolute atomic E-state index is 0.318. The second-order valence-corrected chi connectivity index (χ2v) is 11.5. The lowest BCUT2D eigenvalue weighted by Crippen LogP contribution is -2.35. The van der Waals surface area contributed by atoms with E-state index < -0.39 is 0 Å². The van der Waals surface area contributed by atoms with Crippen molar-refractivity contribution in [2.75, 3.05) is 0 Å². The minimum atomic E-state index is -0.318. The van der Waals surface area contributed by atoms with E-state index in [1.165, 1.54) is 0 Å². The van der Waals surface area contributed by atoms with Crippen molar-refractivity contribution in [2.24, 2.45) is 0 Å². The van der Waals surface area contributed by atoms with Crippen molar-refractivity contribution in [3.8, 4) is 28.5 Å². The van der Waals surface area contributed by atoms with E-state index in [0.29, 0.717) is 43.3 Å². The summed E-state index contributed by atoms with van der Waals surface area (Å²) in [5.41, 5.74) is 4.98. The summed E-state index contributed by atoms with van der Waals surface area (Å²) < 4.78 is 8.29. The number of hydrogen-bond acceptors (Lipinski definition) is 4.